The van der Waals surface area contributed by atoms with Gasteiger partial charge >= 0.3 is 0 Å². The Morgan fingerprint density at radius 1 is 0.423 bits per heavy atom. The van der Waals surface area contributed by atoms with Crippen LogP contribution in [0.5, 0.6) is 0 Å². The molecule has 5 nitrogen and oxygen atoms in total. The van der Waals surface area contributed by atoms with Gasteiger partial charge in [0, 0.05) is 25.9 Å². The summed E-state index contributed by atoms with van der Waals surface area (Å²) < 4.78 is 20.6. The van der Waals surface area contributed by atoms with Gasteiger partial charge in [-0.1, -0.05) is 140 Å². The van der Waals surface area contributed by atoms with Crippen LogP contribution in [-0.4, -0.2) is 81.3 Å². The van der Waals surface area contributed by atoms with Crippen molar-refractivity contribution in [2.24, 2.45) is 0 Å². The molecule has 2 unspecified atom stereocenters. The summed E-state index contributed by atoms with van der Waals surface area (Å²) in [6.45, 7) is 6.29. The lowest BCUT2D eigenvalue weighted by molar-refractivity contribution is -0.219. The molecule has 0 bridgehead atoms. The van der Waals surface area contributed by atoms with Gasteiger partial charge in [-0.25, -0.2) is 0 Å². The Balaban J connectivity index is 1.72. The van der Waals surface area contributed by atoms with Crippen LogP contribution in [0.2, 0.25) is 0 Å². The molecule has 4 atom stereocenters. The number of unbranched alkanes of at least 4 members (excludes halogenated alkanes) is 18. The van der Waals surface area contributed by atoms with Crippen molar-refractivity contribution in [3.8, 4) is 0 Å². The zero-order chi connectivity index (χ0) is 37.5. The molecule has 0 amide bonds. The Hall–Kier alpha value is -1.24. The predicted octanol–water partition coefficient (Wildman–Crippen LogP) is 12.8. The first-order valence-corrected chi connectivity index (χ1v) is 22.3. The number of ether oxygens (including phenoxy) is 3. The number of hydrogen-bond donors (Lipinski definition) is 0. The van der Waals surface area contributed by atoms with Crippen LogP contribution in [0, 0.1) is 0 Å². The van der Waals surface area contributed by atoms with Crippen molar-refractivity contribution in [3.05, 3.63) is 48.6 Å². The van der Waals surface area contributed by atoms with Crippen molar-refractivity contribution in [3.63, 3.8) is 0 Å². The van der Waals surface area contributed by atoms with Crippen LogP contribution < -0.4 is 0 Å². The van der Waals surface area contributed by atoms with E-state index in [0.717, 1.165) is 38.8 Å². The Morgan fingerprint density at radius 3 is 1.10 bits per heavy atom. The molecule has 0 aromatic rings. The average Bonchev–Trinajstić information content (AvgIpc) is 3.63. The van der Waals surface area contributed by atoms with Gasteiger partial charge in [-0.3, -0.25) is 0 Å². The molecule has 2 aliphatic heterocycles. The molecule has 0 radical (unpaired) electrons. The van der Waals surface area contributed by atoms with Crippen LogP contribution in [0.15, 0.2) is 48.6 Å². The minimum absolute atomic E-state index is 0.0292. The molecule has 2 saturated heterocycles. The van der Waals surface area contributed by atoms with E-state index in [1.54, 1.807) is 0 Å². The first-order valence-electron chi connectivity index (χ1n) is 22.3. The number of rotatable bonds is 34. The van der Waals surface area contributed by atoms with Gasteiger partial charge in [0.1, 0.15) is 12.2 Å². The number of likely N-dealkylation sites (N-methyl/N-ethyl adjacent to an activating group) is 2. The Labute approximate surface area is 324 Å². The molecule has 2 heterocycles. The zero-order valence-electron chi connectivity index (χ0n) is 35.3. The summed E-state index contributed by atoms with van der Waals surface area (Å²) in [5.74, 6) is -0.446. The molecule has 0 aromatic heterocycles. The van der Waals surface area contributed by atoms with E-state index in [9.17, 15) is 0 Å². The molecule has 0 spiro atoms. The van der Waals surface area contributed by atoms with Gasteiger partial charge in [0.15, 0.2) is 5.79 Å². The van der Waals surface area contributed by atoms with E-state index in [1.807, 2.05) is 0 Å². The maximum absolute atomic E-state index is 7.03. The Morgan fingerprint density at radius 2 is 0.750 bits per heavy atom. The predicted molar refractivity (Wildman–Crippen MR) is 226 cm³/mol. The molecule has 0 aromatic carbocycles. The molecule has 5 heteroatoms. The third kappa shape index (κ3) is 22.2. The topological polar surface area (TPSA) is 34.2 Å². The van der Waals surface area contributed by atoms with Gasteiger partial charge in [-0.15, -0.1) is 0 Å². The van der Waals surface area contributed by atoms with Gasteiger partial charge in [0.05, 0.1) is 12.2 Å². The smallest absolute Gasteiger partial charge is 0.169 e. The second-order valence-electron chi connectivity index (χ2n) is 16.5. The number of allylic oxidation sites excluding steroid dienone is 8. The van der Waals surface area contributed by atoms with Crippen LogP contribution >= 0.6 is 0 Å². The van der Waals surface area contributed by atoms with Crippen molar-refractivity contribution in [2.75, 3.05) is 41.3 Å². The summed E-state index contributed by atoms with van der Waals surface area (Å²) in [5, 5.41) is 0. The standard InChI is InChI=1S/C47H86N2O3/c1-7-9-11-13-15-17-19-21-23-25-27-29-31-33-35-37-39-47(51-45-43(41-48(3)4)50-44(42-49(5)6)46(45)52-47)40-38-36-34-32-30-28-26-24-22-20-18-16-14-12-10-8-2/h15-18,21-24,43-46H,7-14,19-20,25-42H2,1-6H3/b17-15-,18-16-,23-21-,24-22-/t43-,44?,45-,46?/m1/s1. The van der Waals surface area contributed by atoms with Crippen LogP contribution in [0.4, 0.5) is 0 Å². The van der Waals surface area contributed by atoms with Gasteiger partial charge < -0.3 is 24.0 Å². The maximum Gasteiger partial charge on any atom is 0.169 e. The lowest BCUT2D eigenvalue weighted by Gasteiger charge is -2.32. The lowest BCUT2D eigenvalue weighted by Crippen LogP contribution is -2.39. The normalized spacial score (nSPS) is 21.8. The Bertz CT molecular complexity index is 867. The van der Waals surface area contributed by atoms with Crippen molar-refractivity contribution >= 4 is 0 Å². The first-order chi connectivity index (χ1) is 25.4. The second-order valence-corrected chi connectivity index (χ2v) is 16.5. The van der Waals surface area contributed by atoms with E-state index in [0.29, 0.717) is 0 Å². The highest BCUT2D eigenvalue weighted by Gasteiger charge is 2.57. The van der Waals surface area contributed by atoms with E-state index in [2.05, 4.69) is 100 Å². The van der Waals surface area contributed by atoms with Crippen molar-refractivity contribution in [1.82, 2.24) is 9.80 Å². The quantitative estimate of drug-likeness (QED) is 0.0487. The molecule has 2 aliphatic rings. The minimum Gasteiger partial charge on any atom is -0.367 e. The van der Waals surface area contributed by atoms with Crippen LogP contribution in [0.25, 0.3) is 0 Å². The molecule has 0 aliphatic carbocycles. The van der Waals surface area contributed by atoms with E-state index < -0.39 is 5.79 Å². The maximum atomic E-state index is 7.03. The second kappa shape index (κ2) is 31.0. The highest BCUT2D eigenvalue weighted by molar-refractivity contribution is 5.01. The molecule has 2 fully saturated rings. The monoisotopic (exact) mass is 727 g/mol. The minimum atomic E-state index is -0.446. The fourth-order valence-electron chi connectivity index (χ4n) is 7.75. The van der Waals surface area contributed by atoms with Gasteiger partial charge in [0.25, 0.3) is 0 Å². The number of fused-ring (bicyclic) bond motifs is 1. The van der Waals surface area contributed by atoms with Crippen LogP contribution in [0.3, 0.4) is 0 Å². The largest absolute Gasteiger partial charge is 0.367 e. The third-order valence-corrected chi connectivity index (χ3v) is 10.7. The summed E-state index contributed by atoms with van der Waals surface area (Å²) in [4.78, 5) is 4.46. The van der Waals surface area contributed by atoms with E-state index in [1.165, 1.54) is 141 Å². The molecular formula is C47H86N2O3. The average molecular weight is 727 g/mol. The van der Waals surface area contributed by atoms with Gasteiger partial charge in [0.2, 0.25) is 0 Å². The van der Waals surface area contributed by atoms with Crippen molar-refractivity contribution in [2.45, 2.75) is 211 Å². The summed E-state index contributed by atoms with van der Waals surface area (Å²) in [7, 11) is 8.54. The van der Waals surface area contributed by atoms with E-state index in [4.69, 9.17) is 14.2 Å². The molecule has 52 heavy (non-hydrogen) atoms. The van der Waals surface area contributed by atoms with Crippen molar-refractivity contribution in [1.29, 1.82) is 0 Å². The Kier molecular flexibility index (Phi) is 28.0. The zero-order valence-corrected chi connectivity index (χ0v) is 35.3. The number of nitrogens with zero attached hydrogens (tertiary/aromatic N) is 2. The fraction of sp³-hybridized carbons (Fsp3) is 0.830. The molecule has 302 valence electrons. The van der Waals surface area contributed by atoms with Gasteiger partial charge in [-0.05, 0) is 105 Å². The number of hydrogen-bond acceptors (Lipinski definition) is 5. The van der Waals surface area contributed by atoms with Crippen LogP contribution in [0.1, 0.15) is 181 Å². The molecule has 2 rings (SSSR count). The summed E-state index contributed by atoms with van der Waals surface area (Å²) in [6.07, 6.45) is 51.6. The molecule has 0 saturated carbocycles. The SMILES string of the molecule is CCCCC/C=C\C/C=C\CCCCCCCCC1(CCCCCCCC/C=C\C/C=C\CCCCC)OC2C(CN(C)C)O[C@H](CN(C)C)[C@H]2O1. The van der Waals surface area contributed by atoms with Crippen molar-refractivity contribution < 1.29 is 14.2 Å². The van der Waals surface area contributed by atoms with E-state index >= 15 is 0 Å². The molecular weight excluding hydrogens is 641 g/mol. The molecule has 0 N–H and O–H groups in total. The summed E-state index contributed by atoms with van der Waals surface area (Å²) >= 11 is 0. The highest BCUT2D eigenvalue weighted by Crippen LogP contribution is 2.44. The summed E-state index contributed by atoms with van der Waals surface area (Å²) in [6, 6.07) is 0. The van der Waals surface area contributed by atoms with Gasteiger partial charge in [-0.2, -0.15) is 0 Å². The first kappa shape index (κ1) is 46.9. The fourth-order valence-corrected chi connectivity index (χ4v) is 7.75. The lowest BCUT2D eigenvalue weighted by atomic mass is 9.98. The highest BCUT2D eigenvalue weighted by atomic mass is 16.8. The summed E-state index contributed by atoms with van der Waals surface area (Å²) in [5.41, 5.74) is 0. The van der Waals surface area contributed by atoms with Crippen LogP contribution in [-0.2, 0) is 14.2 Å². The van der Waals surface area contributed by atoms with E-state index in [-0.39, 0.29) is 24.4 Å². The third-order valence-electron chi connectivity index (χ3n) is 10.7.